The van der Waals surface area contributed by atoms with Gasteiger partial charge in [-0.3, -0.25) is 0 Å². The quantitative estimate of drug-likeness (QED) is 0.696. The Labute approximate surface area is 127 Å². The maximum atomic E-state index is 6.06. The highest BCUT2D eigenvalue weighted by Crippen LogP contribution is 2.32. The van der Waals surface area contributed by atoms with Crippen LogP contribution in [0.3, 0.4) is 0 Å². The van der Waals surface area contributed by atoms with Gasteiger partial charge in [0.1, 0.15) is 4.34 Å². The lowest BCUT2D eigenvalue weighted by Crippen LogP contribution is -2.32. The van der Waals surface area contributed by atoms with Crippen molar-refractivity contribution < 1.29 is 0 Å². The van der Waals surface area contributed by atoms with Crippen molar-refractivity contribution in [1.82, 2.24) is 5.32 Å². The highest BCUT2D eigenvalue weighted by Gasteiger charge is 2.18. The number of halogens is 2. The van der Waals surface area contributed by atoms with Gasteiger partial charge >= 0.3 is 0 Å². The molecular weight excluding hydrogens is 330 g/mol. The van der Waals surface area contributed by atoms with E-state index in [1.165, 1.54) is 43.4 Å². The molecule has 1 saturated carbocycles. The van der Waals surface area contributed by atoms with Crippen molar-refractivity contribution in [2.24, 2.45) is 5.92 Å². The van der Waals surface area contributed by atoms with Crippen LogP contribution in [0.1, 0.15) is 50.3 Å². The lowest BCUT2D eigenvalue weighted by atomic mass is 9.93. The first-order chi connectivity index (χ1) is 8.66. The first kappa shape index (κ1) is 14.8. The van der Waals surface area contributed by atoms with E-state index >= 15 is 0 Å². The highest BCUT2D eigenvalue weighted by atomic mass is 79.9. The number of thiophene rings is 1. The van der Waals surface area contributed by atoms with Gasteiger partial charge < -0.3 is 5.32 Å². The van der Waals surface area contributed by atoms with E-state index in [9.17, 15) is 0 Å². The van der Waals surface area contributed by atoms with Gasteiger partial charge in [-0.05, 0) is 47.7 Å². The van der Waals surface area contributed by atoms with Crippen LogP contribution < -0.4 is 5.32 Å². The Morgan fingerprint density at radius 3 is 2.61 bits per heavy atom. The molecule has 0 aliphatic heterocycles. The van der Waals surface area contributed by atoms with Crippen LogP contribution in [-0.2, 0) is 6.54 Å². The van der Waals surface area contributed by atoms with Gasteiger partial charge in [-0.2, -0.15) is 0 Å². The Morgan fingerprint density at radius 2 is 2.06 bits per heavy atom. The fourth-order valence-corrected chi connectivity index (χ4v) is 4.46. The largest absolute Gasteiger partial charge is 0.309 e. The highest BCUT2D eigenvalue weighted by molar-refractivity contribution is 9.10. The Hall–Kier alpha value is 0.430. The summed E-state index contributed by atoms with van der Waals surface area (Å²) in [6.07, 6.45) is 8.46. The third kappa shape index (κ3) is 4.22. The van der Waals surface area contributed by atoms with E-state index < -0.39 is 0 Å². The molecule has 0 aromatic carbocycles. The van der Waals surface area contributed by atoms with Crippen molar-refractivity contribution in [3.05, 3.63) is 19.8 Å². The molecule has 102 valence electrons. The summed E-state index contributed by atoms with van der Waals surface area (Å²) in [6.45, 7) is 3.27. The minimum absolute atomic E-state index is 0.614. The summed E-state index contributed by atoms with van der Waals surface area (Å²) >= 11 is 11.2. The molecule has 0 radical (unpaired) electrons. The fourth-order valence-electron chi connectivity index (χ4n) is 2.72. The van der Waals surface area contributed by atoms with E-state index in [0.29, 0.717) is 6.04 Å². The molecule has 1 atom stereocenters. The predicted octanol–water partition coefficient (Wildman–Crippen LogP) is 5.61. The molecule has 0 amide bonds. The minimum Gasteiger partial charge on any atom is -0.309 e. The zero-order chi connectivity index (χ0) is 13.0. The third-order valence-electron chi connectivity index (χ3n) is 3.90. The topological polar surface area (TPSA) is 12.0 Å². The summed E-state index contributed by atoms with van der Waals surface area (Å²) in [5.74, 6) is 0.853. The second-order valence-corrected chi connectivity index (χ2v) is 7.85. The molecule has 2 rings (SSSR count). The molecule has 18 heavy (non-hydrogen) atoms. The number of nitrogens with one attached hydrogen (secondary N) is 1. The molecular formula is C14H21BrClNS. The molecule has 0 bridgehead atoms. The standard InChI is InChI=1S/C14H21BrClNS/c1-10(11-6-4-2-3-5-7-11)17-9-12-8-13(15)14(16)18-12/h8,10-11,17H,2-7,9H2,1H3/t10-/m1/s1. The van der Waals surface area contributed by atoms with Crippen molar-refractivity contribution in [2.45, 2.75) is 58.0 Å². The van der Waals surface area contributed by atoms with Crippen LogP contribution in [0.25, 0.3) is 0 Å². The zero-order valence-electron chi connectivity index (χ0n) is 10.8. The first-order valence-electron chi connectivity index (χ1n) is 6.84. The fraction of sp³-hybridized carbons (Fsp3) is 0.714. The van der Waals surface area contributed by atoms with Gasteiger partial charge in [0.05, 0.1) is 0 Å². The summed E-state index contributed by atoms with van der Waals surface area (Å²) < 4.78 is 1.88. The van der Waals surface area contributed by atoms with Crippen molar-refractivity contribution in [1.29, 1.82) is 0 Å². The Morgan fingerprint density at radius 1 is 1.39 bits per heavy atom. The molecule has 0 spiro atoms. The Kier molecular flexibility index (Phi) is 5.99. The number of rotatable bonds is 4. The lowest BCUT2D eigenvalue weighted by molar-refractivity contribution is 0.337. The van der Waals surface area contributed by atoms with Crippen LogP contribution in [0, 0.1) is 5.92 Å². The average molecular weight is 351 g/mol. The van der Waals surface area contributed by atoms with Gasteiger partial charge in [0.25, 0.3) is 0 Å². The normalized spacial score (nSPS) is 19.7. The number of hydrogen-bond donors (Lipinski definition) is 1. The summed E-state index contributed by atoms with van der Waals surface area (Å²) in [4.78, 5) is 1.31. The van der Waals surface area contributed by atoms with Crippen LogP contribution in [0.4, 0.5) is 0 Å². The smallest absolute Gasteiger partial charge is 0.107 e. The molecule has 0 saturated heterocycles. The van der Waals surface area contributed by atoms with E-state index in [1.54, 1.807) is 11.3 Å². The van der Waals surface area contributed by atoms with E-state index in [2.05, 4.69) is 34.2 Å². The Bertz CT molecular complexity index is 352. The summed E-state index contributed by atoms with van der Waals surface area (Å²) in [5, 5.41) is 3.67. The molecule has 4 heteroatoms. The maximum absolute atomic E-state index is 6.06. The Balaban J connectivity index is 1.81. The van der Waals surface area contributed by atoms with Crippen LogP contribution in [-0.4, -0.2) is 6.04 Å². The molecule has 1 fully saturated rings. The molecule has 0 unspecified atom stereocenters. The lowest BCUT2D eigenvalue weighted by Gasteiger charge is -2.23. The monoisotopic (exact) mass is 349 g/mol. The molecule has 1 N–H and O–H groups in total. The molecule has 1 nitrogen and oxygen atoms in total. The van der Waals surface area contributed by atoms with Crippen molar-refractivity contribution >= 4 is 38.9 Å². The molecule has 1 aromatic rings. The van der Waals surface area contributed by atoms with Crippen LogP contribution in [0.2, 0.25) is 4.34 Å². The summed E-state index contributed by atoms with van der Waals surface area (Å²) in [7, 11) is 0. The zero-order valence-corrected chi connectivity index (χ0v) is 14.0. The van der Waals surface area contributed by atoms with Gasteiger partial charge in [0.2, 0.25) is 0 Å². The summed E-state index contributed by atoms with van der Waals surface area (Å²) in [6, 6.07) is 2.74. The average Bonchev–Trinajstić information content (AvgIpc) is 2.60. The van der Waals surface area contributed by atoms with Gasteiger partial charge in [0.15, 0.2) is 0 Å². The minimum atomic E-state index is 0.614. The number of hydrogen-bond acceptors (Lipinski definition) is 2. The third-order valence-corrected chi connectivity index (χ3v) is 6.38. The van der Waals surface area contributed by atoms with Gasteiger partial charge in [-0.1, -0.05) is 37.3 Å². The molecule has 1 heterocycles. The van der Waals surface area contributed by atoms with Gasteiger partial charge in [-0.15, -0.1) is 11.3 Å². The SMILES string of the molecule is C[C@@H](NCc1cc(Br)c(Cl)s1)C1CCCCCC1. The van der Waals surface area contributed by atoms with Crippen LogP contribution in [0.5, 0.6) is 0 Å². The van der Waals surface area contributed by atoms with Crippen LogP contribution in [0.15, 0.2) is 10.5 Å². The second kappa shape index (κ2) is 7.28. The van der Waals surface area contributed by atoms with Crippen molar-refractivity contribution in [3.63, 3.8) is 0 Å². The van der Waals surface area contributed by atoms with Crippen molar-refractivity contribution in [3.8, 4) is 0 Å². The van der Waals surface area contributed by atoms with Crippen molar-refractivity contribution in [2.75, 3.05) is 0 Å². The maximum Gasteiger partial charge on any atom is 0.107 e. The van der Waals surface area contributed by atoms with Gasteiger partial charge in [-0.25, -0.2) is 0 Å². The van der Waals surface area contributed by atoms with Gasteiger partial charge in [0, 0.05) is 21.9 Å². The van der Waals surface area contributed by atoms with Crippen LogP contribution >= 0.6 is 38.9 Å². The predicted molar refractivity (Wildman–Crippen MR) is 84.5 cm³/mol. The van der Waals surface area contributed by atoms with E-state index in [1.807, 2.05) is 0 Å². The molecule has 1 aliphatic rings. The van der Waals surface area contributed by atoms with E-state index in [-0.39, 0.29) is 0 Å². The van der Waals surface area contributed by atoms with E-state index in [4.69, 9.17) is 11.6 Å². The second-order valence-electron chi connectivity index (χ2n) is 5.26. The molecule has 1 aliphatic carbocycles. The van der Waals surface area contributed by atoms with E-state index in [0.717, 1.165) is 21.3 Å². The first-order valence-corrected chi connectivity index (χ1v) is 8.82. The summed E-state index contributed by atoms with van der Waals surface area (Å²) in [5.41, 5.74) is 0. The molecule has 1 aromatic heterocycles.